The first-order valence-electron chi connectivity index (χ1n) is 7.52. The van der Waals surface area contributed by atoms with E-state index in [9.17, 15) is 23.6 Å². The number of aliphatic hydroxyl groups excluding tert-OH is 1. The SMILES string of the molecule is CC(O)S(=O)(=O)c1cc([N+](=O)[O-])cc(N)c1CCN1CCOCC1. The summed E-state index contributed by atoms with van der Waals surface area (Å²) in [7, 11) is -4.11. The van der Waals surface area contributed by atoms with Crippen LogP contribution < -0.4 is 5.73 Å². The Balaban J connectivity index is 2.39. The summed E-state index contributed by atoms with van der Waals surface area (Å²) >= 11 is 0. The Kier molecular flexibility index (Phi) is 5.75. The van der Waals surface area contributed by atoms with Crippen molar-refractivity contribution in [3.05, 3.63) is 27.8 Å². The normalized spacial score (nSPS) is 17.6. The van der Waals surface area contributed by atoms with Gasteiger partial charge in [-0.2, -0.15) is 0 Å². The van der Waals surface area contributed by atoms with E-state index in [4.69, 9.17) is 10.5 Å². The number of ether oxygens (including phenoxy) is 1. The van der Waals surface area contributed by atoms with Crippen LogP contribution in [0.25, 0.3) is 0 Å². The van der Waals surface area contributed by atoms with Crippen molar-refractivity contribution in [3.8, 4) is 0 Å². The van der Waals surface area contributed by atoms with Crippen molar-refractivity contribution in [2.75, 3.05) is 38.6 Å². The van der Waals surface area contributed by atoms with Crippen LogP contribution in [0.5, 0.6) is 0 Å². The molecule has 3 N–H and O–H groups in total. The van der Waals surface area contributed by atoms with Gasteiger partial charge in [0.05, 0.1) is 23.0 Å². The van der Waals surface area contributed by atoms with Gasteiger partial charge < -0.3 is 15.6 Å². The first-order valence-corrected chi connectivity index (χ1v) is 9.07. The van der Waals surface area contributed by atoms with Crippen molar-refractivity contribution in [2.24, 2.45) is 0 Å². The van der Waals surface area contributed by atoms with Gasteiger partial charge in [-0.15, -0.1) is 0 Å². The molecule has 1 heterocycles. The Hall–Kier alpha value is -1.75. The van der Waals surface area contributed by atoms with Crippen LogP contribution in [-0.4, -0.2) is 61.6 Å². The van der Waals surface area contributed by atoms with Crippen LogP contribution in [0.2, 0.25) is 0 Å². The molecule has 1 saturated heterocycles. The van der Waals surface area contributed by atoms with Gasteiger partial charge in [-0.3, -0.25) is 15.0 Å². The van der Waals surface area contributed by atoms with Crippen LogP contribution in [0, 0.1) is 10.1 Å². The third kappa shape index (κ3) is 4.01. The van der Waals surface area contributed by atoms with Gasteiger partial charge in [-0.05, 0) is 18.9 Å². The summed E-state index contributed by atoms with van der Waals surface area (Å²) in [5.41, 5.74) is 4.12. The van der Waals surface area contributed by atoms with Crippen LogP contribution in [0.15, 0.2) is 17.0 Å². The fraction of sp³-hybridized carbons (Fsp3) is 0.571. The molecule has 1 fully saturated rings. The number of hydrogen-bond acceptors (Lipinski definition) is 8. The molecule has 9 nitrogen and oxygen atoms in total. The molecule has 0 aromatic heterocycles. The molecular formula is C14H21N3O6S. The third-order valence-electron chi connectivity index (χ3n) is 3.98. The standard InChI is InChI=1S/C14H21N3O6S/c1-10(18)24(21,22)14-9-11(17(19)20)8-13(15)12(14)2-3-16-4-6-23-7-5-16/h8-10,18H,2-7,15H2,1H3. The smallest absolute Gasteiger partial charge is 0.272 e. The number of nitro groups is 1. The number of morpholine rings is 1. The summed E-state index contributed by atoms with van der Waals surface area (Å²) in [4.78, 5) is 12.1. The van der Waals surface area contributed by atoms with Crippen LogP contribution >= 0.6 is 0 Å². The highest BCUT2D eigenvalue weighted by molar-refractivity contribution is 7.91. The number of rotatable bonds is 6. The number of aliphatic hydroxyl groups is 1. The van der Waals surface area contributed by atoms with E-state index in [1.54, 1.807) is 0 Å². The molecule has 0 aliphatic carbocycles. The van der Waals surface area contributed by atoms with Gasteiger partial charge in [0, 0.05) is 37.5 Å². The van der Waals surface area contributed by atoms with E-state index in [-0.39, 0.29) is 10.6 Å². The van der Waals surface area contributed by atoms with Crippen molar-refractivity contribution < 1.29 is 23.2 Å². The maximum absolute atomic E-state index is 12.4. The summed E-state index contributed by atoms with van der Waals surface area (Å²) in [5.74, 6) is 0. The average Bonchev–Trinajstić information content (AvgIpc) is 2.53. The number of nitrogens with zero attached hydrogens (tertiary/aromatic N) is 2. The second-order valence-corrected chi connectivity index (χ2v) is 7.83. The number of hydrogen-bond donors (Lipinski definition) is 2. The monoisotopic (exact) mass is 359 g/mol. The molecule has 0 spiro atoms. The van der Waals surface area contributed by atoms with Crippen molar-refractivity contribution in [2.45, 2.75) is 23.7 Å². The first-order chi connectivity index (χ1) is 11.2. The lowest BCUT2D eigenvalue weighted by atomic mass is 10.1. The van der Waals surface area contributed by atoms with E-state index in [0.29, 0.717) is 31.7 Å². The number of nitrogens with two attached hydrogens (primary N) is 1. The number of sulfone groups is 1. The predicted octanol–water partition coefficient (Wildman–Crippen LogP) is 0.164. The van der Waals surface area contributed by atoms with Gasteiger partial charge in [0.1, 0.15) is 0 Å². The average molecular weight is 359 g/mol. The predicted molar refractivity (Wildman–Crippen MR) is 87.3 cm³/mol. The van der Waals surface area contributed by atoms with Crippen LogP contribution in [0.4, 0.5) is 11.4 Å². The number of anilines is 1. The van der Waals surface area contributed by atoms with Crippen molar-refractivity contribution in [1.29, 1.82) is 0 Å². The Bertz CT molecular complexity index is 713. The first kappa shape index (κ1) is 18.6. The van der Waals surface area contributed by atoms with Gasteiger partial charge in [0.25, 0.3) is 5.69 Å². The minimum atomic E-state index is -4.11. The van der Waals surface area contributed by atoms with Crippen molar-refractivity contribution in [1.82, 2.24) is 4.90 Å². The van der Waals surface area contributed by atoms with Gasteiger partial charge in [0.2, 0.25) is 9.84 Å². The van der Waals surface area contributed by atoms with E-state index in [0.717, 1.165) is 32.1 Å². The summed E-state index contributed by atoms with van der Waals surface area (Å²) < 4.78 is 30.0. The molecule has 1 unspecified atom stereocenters. The quantitative estimate of drug-likeness (QED) is 0.416. The molecule has 134 valence electrons. The third-order valence-corrected chi connectivity index (χ3v) is 5.85. The van der Waals surface area contributed by atoms with Crippen LogP contribution in [0.3, 0.4) is 0 Å². The van der Waals surface area contributed by atoms with Crippen molar-refractivity contribution in [3.63, 3.8) is 0 Å². The Morgan fingerprint density at radius 1 is 1.42 bits per heavy atom. The molecule has 0 bridgehead atoms. The topological polar surface area (TPSA) is 136 Å². The molecule has 1 aliphatic heterocycles. The summed E-state index contributed by atoms with van der Waals surface area (Å²) in [5, 5.41) is 20.6. The fourth-order valence-electron chi connectivity index (χ4n) is 2.56. The Labute approximate surface area is 140 Å². The van der Waals surface area contributed by atoms with E-state index in [1.807, 2.05) is 0 Å². The summed E-state index contributed by atoms with van der Waals surface area (Å²) in [6.07, 6.45) is 0.311. The molecule has 1 aliphatic rings. The van der Waals surface area contributed by atoms with Crippen molar-refractivity contribution >= 4 is 21.2 Å². The highest BCUT2D eigenvalue weighted by Crippen LogP contribution is 2.30. The minimum Gasteiger partial charge on any atom is -0.398 e. The maximum Gasteiger partial charge on any atom is 0.272 e. The Morgan fingerprint density at radius 2 is 2.04 bits per heavy atom. The van der Waals surface area contributed by atoms with E-state index < -0.39 is 25.9 Å². The number of non-ortho nitro benzene ring substituents is 1. The second-order valence-electron chi connectivity index (χ2n) is 5.62. The lowest BCUT2D eigenvalue weighted by Gasteiger charge is -2.27. The molecule has 1 aromatic rings. The van der Waals surface area contributed by atoms with E-state index >= 15 is 0 Å². The van der Waals surface area contributed by atoms with Gasteiger partial charge >= 0.3 is 0 Å². The number of nitro benzene ring substituents is 1. The van der Waals surface area contributed by atoms with Crippen LogP contribution in [-0.2, 0) is 21.0 Å². The Morgan fingerprint density at radius 3 is 2.58 bits per heavy atom. The zero-order valence-corrected chi connectivity index (χ0v) is 14.2. The molecule has 10 heteroatoms. The highest BCUT2D eigenvalue weighted by atomic mass is 32.2. The molecule has 1 aromatic carbocycles. The van der Waals surface area contributed by atoms with Crippen LogP contribution in [0.1, 0.15) is 12.5 Å². The van der Waals surface area contributed by atoms with Gasteiger partial charge in [-0.25, -0.2) is 8.42 Å². The maximum atomic E-state index is 12.4. The molecular weight excluding hydrogens is 338 g/mol. The molecule has 0 radical (unpaired) electrons. The molecule has 1 atom stereocenters. The largest absolute Gasteiger partial charge is 0.398 e. The zero-order valence-electron chi connectivity index (χ0n) is 13.3. The highest BCUT2D eigenvalue weighted by Gasteiger charge is 2.28. The molecule has 0 saturated carbocycles. The lowest BCUT2D eigenvalue weighted by molar-refractivity contribution is -0.385. The number of nitrogen functional groups attached to an aromatic ring is 1. The minimum absolute atomic E-state index is 0.0386. The lowest BCUT2D eigenvalue weighted by Crippen LogP contribution is -2.37. The van der Waals surface area contributed by atoms with E-state index in [1.165, 1.54) is 0 Å². The second kappa shape index (κ2) is 7.43. The zero-order chi connectivity index (χ0) is 17.9. The molecule has 24 heavy (non-hydrogen) atoms. The van der Waals surface area contributed by atoms with Gasteiger partial charge in [0.15, 0.2) is 5.44 Å². The van der Waals surface area contributed by atoms with Gasteiger partial charge in [-0.1, -0.05) is 0 Å². The number of benzene rings is 1. The molecule has 0 amide bonds. The summed E-state index contributed by atoms with van der Waals surface area (Å²) in [6, 6.07) is 2.11. The summed E-state index contributed by atoms with van der Waals surface area (Å²) in [6.45, 7) is 4.32. The molecule has 2 rings (SSSR count). The van der Waals surface area contributed by atoms with E-state index in [2.05, 4.69) is 4.90 Å². The fourth-order valence-corrected chi connectivity index (χ4v) is 3.77.